The Balaban J connectivity index is 3.05. The van der Waals surface area contributed by atoms with Gasteiger partial charge >= 0.3 is 5.97 Å². The molecule has 0 fully saturated rings. The van der Waals surface area contributed by atoms with Crippen LogP contribution in [0.3, 0.4) is 0 Å². The summed E-state index contributed by atoms with van der Waals surface area (Å²) in [5, 5.41) is 7.91. The van der Waals surface area contributed by atoms with Crippen molar-refractivity contribution in [1.82, 2.24) is 5.43 Å². The van der Waals surface area contributed by atoms with Gasteiger partial charge in [-0.05, 0) is 38.2 Å². The molecule has 4 N–H and O–H groups in total. The van der Waals surface area contributed by atoms with Crippen LogP contribution in [0.25, 0.3) is 0 Å². The van der Waals surface area contributed by atoms with Crippen LogP contribution in [-0.4, -0.2) is 36.2 Å². The van der Waals surface area contributed by atoms with Crippen molar-refractivity contribution in [3.63, 3.8) is 0 Å². The molecular formula is C14H19N5O3S. The number of para-hydroxylation sites is 2. The third-order valence-corrected chi connectivity index (χ3v) is 2.63. The molecule has 0 saturated heterocycles. The molecule has 0 spiro atoms. The zero-order valence-corrected chi connectivity index (χ0v) is 13.9. The molecule has 0 heterocycles. The van der Waals surface area contributed by atoms with E-state index in [4.69, 9.17) is 15.2 Å². The Morgan fingerprint density at radius 2 is 2.04 bits per heavy atom. The van der Waals surface area contributed by atoms with E-state index in [2.05, 4.69) is 33.3 Å². The first-order chi connectivity index (χ1) is 11.0. The summed E-state index contributed by atoms with van der Waals surface area (Å²) in [6.07, 6.45) is 0. The van der Waals surface area contributed by atoms with Gasteiger partial charge in [0.1, 0.15) is 5.75 Å². The highest BCUT2D eigenvalue weighted by molar-refractivity contribution is 7.80. The quantitative estimate of drug-likeness (QED) is 0.297. The van der Waals surface area contributed by atoms with Crippen molar-refractivity contribution in [2.45, 2.75) is 13.8 Å². The smallest absolute Gasteiger partial charge is 0.360 e. The molecule has 1 rings (SSSR count). The third-order valence-electron chi connectivity index (χ3n) is 2.54. The van der Waals surface area contributed by atoms with Gasteiger partial charge in [0, 0.05) is 0 Å². The molecular weight excluding hydrogens is 318 g/mol. The maximum absolute atomic E-state index is 12.0. The molecule has 1 aromatic carbocycles. The number of hydrazone groups is 2. The number of esters is 1. The van der Waals surface area contributed by atoms with E-state index in [0.717, 1.165) is 0 Å². The van der Waals surface area contributed by atoms with Crippen LogP contribution in [-0.2, 0) is 9.53 Å². The lowest BCUT2D eigenvalue weighted by Crippen LogP contribution is -2.30. The summed E-state index contributed by atoms with van der Waals surface area (Å²) >= 11 is 4.66. The van der Waals surface area contributed by atoms with Gasteiger partial charge in [0.25, 0.3) is 0 Å². The molecule has 0 aliphatic heterocycles. The number of hydrogen-bond acceptors (Lipinski definition) is 7. The number of hydrogen-bond donors (Lipinski definition) is 3. The second-order valence-electron chi connectivity index (χ2n) is 4.17. The maximum atomic E-state index is 12.0. The van der Waals surface area contributed by atoms with Crippen LogP contribution < -0.4 is 21.3 Å². The average Bonchev–Trinajstić information content (AvgIpc) is 2.53. The summed E-state index contributed by atoms with van der Waals surface area (Å²) in [5.74, 6) is -0.0452. The lowest BCUT2D eigenvalue weighted by molar-refractivity contribution is -0.134. The van der Waals surface area contributed by atoms with Crippen molar-refractivity contribution in [2.75, 3.05) is 19.1 Å². The molecule has 1 aromatic rings. The predicted molar refractivity (Wildman–Crippen MR) is 93.7 cm³/mol. The number of rotatable bonds is 7. The Morgan fingerprint density at radius 3 is 2.65 bits per heavy atom. The zero-order valence-electron chi connectivity index (χ0n) is 13.1. The molecule has 0 radical (unpaired) electrons. The molecule has 0 aromatic heterocycles. The van der Waals surface area contributed by atoms with Crippen LogP contribution in [0.1, 0.15) is 13.8 Å². The van der Waals surface area contributed by atoms with Crippen LogP contribution >= 0.6 is 12.2 Å². The molecule has 0 bridgehead atoms. The number of anilines is 1. The number of ether oxygens (including phenoxy) is 2. The van der Waals surface area contributed by atoms with Gasteiger partial charge in [-0.2, -0.15) is 10.2 Å². The monoisotopic (exact) mass is 337 g/mol. The highest BCUT2D eigenvalue weighted by Gasteiger charge is 2.17. The standard InChI is InChI=1S/C14H19N5O3S/c1-4-22-13(20)12(9(2)16-19-14(15)23)18-17-10-7-5-6-8-11(10)21-3/h5-8,17H,4H2,1-3H3,(H3,15,19,23)/b16-9+,18-12+. The minimum absolute atomic E-state index is 0.0125. The first-order valence-electron chi connectivity index (χ1n) is 6.73. The van der Waals surface area contributed by atoms with Gasteiger partial charge < -0.3 is 15.2 Å². The maximum Gasteiger partial charge on any atom is 0.360 e. The third kappa shape index (κ3) is 5.91. The Labute approximate surface area is 139 Å². The van der Waals surface area contributed by atoms with E-state index in [-0.39, 0.29) is 23.1 Å². The Morgan fingerprint density at radius 1 is 1.35 bits per heavy atom. The summed E-state index contributed by atoms with van der Waals surface area (Å²) in [6.45, 7) is 3.48. The van der Waals surface area contributed by atoms with Gasteiger partial charge in [-0.3, -0.25) is 10.9 Å². The number of thiocarbonyl (C=S) groups is 1. The number of benzene rings is 1. The number of nitrogens with two attached hydrogens (primary N) is 1. The van der Waals surface area contributed by atoms with E-state index < -0.39 is 5.97 Å². The van der Waals surface area contributed by atoms with Gasteiger partial charge in [0.05, 0.1) is 25.1 Å². The number of nitrogens with zero attached hydrogens (tertiary/aromatic N) is 2. The van der Waals surface area contributed by atoms with Crippen LogP contribution in [0.15, 0.2) is 34.5 Å². The predicted octanol–water partition coefficient (Wildman–Crippen LogP) is 1.24. The van der Waals surface area contributed by atoms with E-state index in [1.165, 1.54) is 7.11 Å². The van der Waals surface area contributed by atoms with E-state index in [0.29, 0.717) is 11.4 Å². The SMILES string of the molecule is CCOC(=O)C(=N/Nc1ccccc1OC)/C(C)=N/NC(N)=S. The van der Waals surface area contributed by atoms with Crippen LogP contribution in [0.4, 0.5) is 5.69 Å². The summed E-state index contributed by atoms with van der Waals surface area (Å²) in [7, 11) is 1.54. The first kappa shape index (κ1) is 18.4. The van der Waals surface area contributed by atoms with Crippen molar-refractivity contribution in [3.8, 4) is 5.75 Å². The lowest BCUT2D eigenvalue weighted by atomic mass is 10.2. The Kier molecular flexibility index (Phi) is 7.48. The minimum atomic E-state index is -0.624. The normalized spacial score (nSPS) is 11.6. The number of nitrogens with one attached hydrogen (secondary N) is 2. The van der Waals surface area contributed by atoms with Crippen LogP contribution in [0.5, 0.6) is 5.75 Å². The molecule has 9 heteroatoms. The Hall–Kier alpha value is -2.68. The van der Waals surface area contributed by atoms with Gasteiger partial charge in [0.15, 0.2) is 10.8 Å². The van der Waals surface area contributed by atoms with Gasteiger partial charge in [-0.1, -0.05) is 12.1 Å². The average molecular weight is 337 g/mol. The fourth-order valence-corrected chi connectivity index (χ4v) is 1.56. The van der Waals surface area contributed by atoms with Crippen molar-refractivity contribution < 1.29 is 14.3 Å². The van der Waals surface area contributed by atoms with Gasteiger partial charge in [-0.15, -0.1) is 0 Å². The topological polar surface area (TPSA) is 110 Å². The zero-order chi connectivity index (χ0) is 17.2. The fraction of sp³-hybridized carbons (Fsp3) is 0.286. The molecule has 8 nitrogen and oxygen atoms in total. The summed E-state index contributed by atoms with van der Waals surface area (Å²) in [4.78, 5) is 12.0. The van der Waals surface area contributed by atoms with E-state index in [1.807, 2.05) is 6.07 Å². The van der Waals surface area contributed by atoms with Crippen molar-refractivity contribution in [2.24, 2.45) is 15.9 Å². The van der Waals surface area contributed by atoms with E-state index in [9.17, 15) is 4.79 Å². The van der Waals surface area contributed by atoms with Crippen LogP contribution in [0.2, 0.25) is 0 Å². The first-order valence-corrected chi connectivity index (χ1v) is 7.14. The molecule has 0 aliphatic carbocycles. The highest BCUT2D eigenvalue weighted by Crippen LogP contribution is 2.22. The second kappa shape index (κ2) is 9.36. The van der Waals surface area contributed by atoms with Crippen molar-refractivity contribution in [3.05, 3.63) is 24.3 Å². The second-order valence-corrected chi connectivity index (χ2v) is 4.61. The molecule has 0 aliphatic rings. The molecule has 124 valence electrons. The fourth-order valence-electron chi connectivity index (χ4n) is 1.52. The van der Waals surface area contributed by atoms with Gasteiger partial charge in [-0.25, -0.2) is 4.79 Å². The van der Waals surface area contributed by atoms with Crippen molar-refractivity contribution >= 4 is 40.4 Å². The Bertz CT molecular complexity index is 631. The van der Waals surface area contributed by atoms with Crippen molar-refractivity contribution in [1.29, 1.82) is 0 Å². The summed E-state index contributed by atoms with van der Waals surface area (Å²) < 4.78 is 10.2. The summed E-state index contributed by atoms with van der Waals surface area (Å²) in [5.41, 5.74) is 11.3. The molecule has 0 unspecified atom stereocenters. The van der Waals surface area contributed by atoms with E-state index in [1.54, 1.807) is 32.0 Å². The van der Waals surface area contributed by atoms with E-state index >= 15 is 0 Å². The molecule has 0 saturated carbocycles. The molecule has 0 amide bonds. The highest BCUT2D eigenvalue weighted by atomic mass is 32.1. The van der Waals surface area contributed by atoms with Gasteiger partial charge in [0.2, 0.25) is 0 Å². The number of carbonyl (C=O) groups excluding carboxylic acids is 1. The number of methoxy groups -OCH3 is 1. The lowest BCUT2D eigenvalue weighted by Gasteiger charge is -2.09. The minimum Gasteiger partial charge on any atom is -0.495 e. The largest absolute Gasteiger partial charge is 0.495 e. The number of carbonyl (C=O) groups is 1. The molecule has 0 atom stereocenters. The van der Waals surface area contributed by atoms with Crippen LogP contribution in [0, 0.1) is 0 Å². The summed E-state index contributed by atoms with van der Waals surface area (Å²) in [6, 6.07) is 7.14. The molecule has 23 heavy (non-hydrogen) atoms.